The summed E-state index contributed by atoms with van der Waals surface area (Å²) in [6.07, 6.45) is 4.60. The van der Waals surface area contributed by atoms with Crippen LogP contribution >= 0.6 is 24.8 Å². The van der Waals surface area contributed by atoms with Crippen LogP contribution in [0.5, 0.6) is 11.5 Å². The van der Waals surface area contributed by atoms with Crippen molar-refractivity contribution in [2.24, 2.45) is 29.4 Å². The van der Waals surface area contributed by atoms with Gasteiger partial charge < -0.3 is 25.4 Å². The third-order valence-electron chi connectivity index (χ3n) is 6.84. The summed E-state index contributed by atoms with van der Waals surface area (Å²) < 4.78 is 10.8. The summed E-state index contributed by atoms with van der Waals surface area (Å²) >= 11 is 0. The number of carbonyl (C=O) groups is 1. The number of hydrogen-bond acceptors (Lipinski definition) is 5. The van der Waals surface area contributed by atoms with Gasteiger partial charge in [-0.3, -0.25) is 4.79 Å². The number of ether oxygens (including phenoxy) is 2. The van der Waals surface area contributed by atoms with Gasteiger partial charge in [-0.25, -0.2) is 0 Å². The maximum absolute atomic E-state index is 12.7. The molecule has 2 saturated carbocycles. The number of nitrogens with zero attached hydrogens (tertiary/aromatic N) is 1. The number of halogens is 2. The lowest BCUT2D eigenvalue weighted by molar-refractivity contribution is -0.127. The lowest BCUT2D eigenvalue weighted by Crippen LogP contribution is -2.46. The molecule has 29 heavy (non-hydrogen) atoms. The van der Waals surface area contributed by atoms with Crippen molar-refractivity contribution in [1.82, 2.24) is 5.32 Å². The lowest BCUT2D eigenvalue weighted by atomic mass is 9.84. The standard InChI is InChI=1S/C21H31N3O3.2ClH/c1-26-17-8-16(9-18(10-17)27-2)24-6-5-13(12-24)11-23-21(25)19-14-3-4-15(7-14)20(19)22;;/h8-10,13-15,19-20H,3-7,11-12,22H2,1-2H3,(H,23,25);2*1H. The number of benzene rings is 1. The molecule has 5 unspecified atom stereocenters. The molecule has 0 radical (unpaired) electrons. The Hall–Kier alpha value is -1.37. The maximum Gasteiger partial charge on any atom is 0.224 e. The smallest absolute Gasteiger partial charge is 0.224 e. The first-order valence-electron chi connectivity index (χ1n) is 10.1. The molecule has 1 aliphatic heterocycles. The van der Waals surface area contributed by atoms with Crippen molar-refractivity contribution in [3.8, 4) is 11.5 Å². The van der Waals surface area contributed by atoms with Gasteiger partial charge in [-0.2, -0.15) is 0 Å². The van der Waals surface area contributed by atoms with Crippen molar-refractivity contribution in [3.05, 3.63) is 18.2 Å². The van der Waals surface area contributed by atoms with E-state index < -0.39 is 0 Å². The summed E-state index contributed by atoms with van der Waals surface area (Å²) in [6, 6.07) is 6.03. The Balaban J connectivity index is 0.00000150. The summed E-state index contributed by atoms with van der Waals surface area (Å²) in [5, 5.41) is 3.20. The first kappa shape index (κ1) is 23.9. The van der Waals surface area contributed by atoms with Gasteiger partial charge in [0.25, 0.3) is 0 Å². The minimum Gasteiger partial charge on any atom is -0.497 e. The van der Waals surface area contributed by atoms with Crippen molar-refractivity contribution in [1.29, 1.82) is 0 Å². The number of rotatable bonds is 6. The van der Waals surface area contributed by atoms with E-state index in [1.54, 1.807) is 14.2 Å². The van der Waals surface area contributed by atoms with Crippen molar-refractivity contribution < 1.29 is 14.3 Å². The van der Waals surface area contributed by atoms with Gasteiger partial charge in [0.1, 0.15) is 11.5 Å². The number of carbonyl (C=O) groups excluding carboxylic acids is 1. The average molecular weight is 446 g/mol. The second kappa shape index (κ2) is 10.1. The largest absolute Gasteiger partial charge is 0.497 e. The molecule has 0 aromatic heterocycles. The Morgan fingerprint density at radius 3 is 2.34 bits per heavy atom. The highest BCUT2D eigenvalue weighted by Gasteiger charge is 2.49. The van der Waals surface area contributed by atoms with Gasteiger partial charge >= 0.3 is 0 Å². The van der Waals surface area contributed by atoms with Crippen LogP contribution in [0.4, 0.5) is 5.69 Å². The Morgan fingerprint density at radius 2 is 1.76 bits per heavy atom. The number of nitrogens with one attached hydrogen (secondary N) is 1. The van der Waals surface area contributed by atoms with E-state index in [1.807, 2.05) is 18.2 Å². The summed E-state index contributed by atoms with van der Waals surface area (Å²) in [4.78, 5) is 15.0. The van der Waals surface area contributed by atoms with Crippen LogP contribution in [-0.2, 0) is 4.79 Å². The molecule has 8 heteroatoms. The van der Waals surface area contributed by atoms with E-state index in [0.29, 0.717) is 17.8 Å². The SMILES string of the molecule is COc1cc(OC)cc(N2CCC(CNC(=O)C3C4CCC(C4)C3N)C2)c1.Cl.Cl. The predicted octanol–water partition coefficient (Wildman–Crippen LogP) is 2.86. The molecule has 164 valence electrons. The molecule has 0 spiro atoms. The summed E-state index contributed by atoms with van der Waals surface area (Å²) in [5.74, 6) is 3.34. The van der Waals surface area contributed by atoms with Crippen LogP contribution < -0.4 is 25.4 Å². The normalized spacial score (nSPS) is 29.8. The molecule has 2 bridgehead atoms. The molecule has 3 aliphatic rings. The zero-order valence-electron chi connectivity index (χ0n) is 17.1. The Bertz CT molecular complexity index is 681. The third kappa shape index (κ3) is 4.86. The van der Waals surface area contributed by atoms with E-state index in [4.69, 9.17) is 15.2 Å². The van der Waals surface area contributed by atoms with Crippen LogP contribution in [0.3, 0.4) is 0 Å². The second-order valence-corrected chi connectivity index (χ2v) is 8.35. The molecule has 5 atom stereocenters. The molecular formula is C21H33Cl2N3O3. The van der Waals surface area contributed by atoms with E-state index in [-0.39, 0.29) is 42.7 Å². The summed E-state index contributed by atoms with van der Waals surface area (Å²) in [6.45, 7) is 2.64. The quantitative estimate of drug-likeness (QED) is 0.703. The highest BCUT2D eigenvalue weighted by atomic mass is 35.5. The molecule has 1 saturated heterocycles. The van der Waals surface area contributed by atoms with Gasteiger partial charge in [0.2, 0.25) is 5.91 Å². The molecular weight excluding hydrogens is 413 g/mol. The Labute approximate surface area is 185 Å². The van der Waals surface area contributed by atoms with Gasteiger partial charge in [0.05, 0.1) is 20.1 Å². The molecule has 6 nitrogen and oxygen atoms in total. The number of fused-ring (bicyclic) bond motifs is 2. The number of methoxy groups -OCH3 is 2. The van der Waals surface area contributed by atoms with Crippen molar-refractivity contribution in [3.63, 3.8) is 0 Å². The topological polar surface area (TPSA) is 76.8 Å². The average Bonchev–Trinajstić information content (AvgIpc) is 3.41. The predicted molar refractivity (Wildman–Crippen MR) is 120 cm³/mol. The zero-order chi connectivity index (χ0) is 19.0. The minimum absolute atomic E-state index is 0. The first-order chi connectivity index (χ1) is 13.1. The van der Waals surface area contributed by atoms with E-state index in [0.717, 1.165) is 49.7 Å². The van der Waals surface area contributed by atoms with E-state index >= 15 is 0 Å². The Kier molecular flexibility index (Phi) is 8.32. The zero-order valence-corrected chi connectivity index (χ0v) is 18.8. The van der Waals surface area contributed by atoms with E-state index in [2.05, 4.69) is 10.2 Å². The molecule has 1 amide bonds. The second-order valence-electron chi connectivity index (χ2n) is 8.35. The highest BCUT2D eigenvalue weighted by Crippen LogP contribution is 2.47. The van der Waals surface area contributed by atoms with Gasteiger partial charge in [0, 0.05) is 49.6 Å². The molecule has 1 aromatic rings. The van der Waals surface area contributed by atoms with E-state index in [1.165, 1.54) is 12.8 Å². The monoisotopic (exact) mass is 445 g/mol. The summed E-state index contributed by atoms with van der Waals surface area (Å²) in [5.41, 5.74) is 7.42. The fourth-order valence-electron chi connectivity index (χ4n) is 5.30. The number of hydrogen-bond donors (Lipinski definition) is 2. The molecule has 3 N–H and O–H groups in total. The molecule has 1 aromatic carbocycles. The van der Waals surface area contributed by atoms with Crippen molar-refractivity contribution >= 4 is 36.4 Å². The van der Waals surface area contributed by atoms with Crippen LogP contribution in [0.25, 0.3) is 0 Å². The minimum atomic E-state index is 0. The van der Waals surface area contributed by atoms with Gasteiger partial charge in [-0.05, 0) is 43.4 Å². The van der Waals surface area contributed by atoms with Gasteiger partial charge in [-0.1, -0.05) is 0 Å². The number of anilines is 1. The van der Waals surface area contributed by atoms with Gasteiger partial charge in [-0.15, -0.1) is 24.8 Å². The molecule has 1 heterocycles. The molecule has 2 aliphatic carbocycles. The fraction of sp³-hybridized carbons (Fsp3) is 0.667. The van der Waals surface area contributed by atoms with Crippen LogP contribution in [0.1, 0.15) is 25.7 Å². The van der Waals surface area contributed by atoms with Crippen molar-refractivity contribution in [2.45, 2.75) is 31.7 Å². The van der Waals surface area contributed by atoms with Crippen LogP contribution in [0.15, 0.2) is 18.2 Å². The summed E-state index contributed by atoms with van der Waals surface area (Å²) in [7, 11) is 3.34. The third-order valence-corrected chi connectivity index (χ3v) is 6.84. The number of nitrogens with two attached hydrogens (primary N) is 1. The fourth-order valence-corrected chi connectivity index (χ4v) is 5.30. The number of amides is 1. The molecule has 4 rings (SSSR count). The maximum atomic E-state index is 12.7. The van der Waals surface area contributed by atoms with Crippen LogP contribution in [0, 0.1) is 23.7 Å². The van der Waals surface area contributed by atoms with Crippen LogP contribution in [0.2, 0.25) is 0 Å². The first-order valence-corrected chi connectivity index (χ1v) is 10.1. The molecule has 3 fully saturated rings. The lowest BCUT2D eigenvalue weighted by Gasteiger charge is -2.27. The van der Waals surface area contributed by atoms with Crippen molar-refractivity contribution in [2.75, 3.05) is 38.8 Å². The highest BCUT2D eigenvalue weighted by molar-refractivity contribution is 5.85. The van der Waals surface area contributed by atoms with E-state index in [9.17, 15) is 4.79 Å². The van der Waals surface area contributed by atoms with Crippen LogP contribution in [-0.4, -0.2) is 45.8 Å². The van der Waals surface area contributed by atoms with Gasteiger partial charge in [0.15, 0.2) is 0 Å². The Morgan fingerprint density at radius 1 is 1.10 bits per heavy atom.